The van der Waals surface area contributed by atoms with E-state index in [9.17, 15) is 18.0 Å². The van der Waals surface area contributed by atoms with E-state index in [4.69, 9.17) is 11.6 Å². The Bertz CT molecular complexity index is 1070. The molecule has 1 atom stereocenters. The van der Waals surface area contributed by atoms with Gasteiger partial charge in [-0.25, -0.2) is 13.2 Å². The van der Waals surface area contributed by atoms with Gasteiger partial charge < -0.3 is 5.32 Å². The highest BCUT2D eigenvalue weighted by Crippen LogP contribution is 2.34. The van der Waals surface area contributed by atoms with E-state index >= 15 is 0 Å². The zero-order valence-corrected chi connectivity index (χ0v) is 17.4. The maximum absolute atomic E-state index is 14.9. The van der Waals surface area contributed by atoms with Crippen LogP contribution in [0.4, 0.5) is 13.2 Å². The Morgan fingerprint density at radius 2 is 1.84 bits per heavy atom. The molecule has 1 unspecified atom stereocenters. The fraction of sp³-hybridized carbons (Fsp3) is 0.238. The van der Waals surface area contributed by atoms with Crippen molar-refractivity contribution in [2.24, 2.45) is 21.1 Å². The summed E-state index contributed by atoms with van der Waals surface area (Å²) in [7, 11) is 0. The quantitative estimate of drug-likeness (QED) is 0.480. The topological polar surface area (TPSA) is 78.2 Å². The van der Waals surface area contributed by atoms with Gasteiger partial charge in [-0.15, -0.1) is 5.11 Å². The number of rotatable bonds is 5. The van der Waals surface area contributed by atoms with Crippen LogP contribution in [0.3, 0.4) is 0 Å². The van der Waals surface area contributed by atoms with E-state index in [0.29, 0.717) is 17.1 Å². The maximum atomic E-state index is 14.9. The lowest BCUT2D eigenvalue weighted by Gasteiger charge is -2.12. The molecule has 0 spiro atoms. The third-order valence-electron chi connectivity index (χ3n) is 4.19. The van der Waals surface area contributed by atoms with Crippen molar-refractivity contribution >= 4 is 23.5 Å². The largest absolute Gasteiger partial charge is 0.307 e. The smallest absolute Gasteiger partial charge is 0.258 e. The molecule has 3 rings (SSSR count). The standard InChI is InChI=1S/C21H19ClF3N5O/c1-11(2)10-26-21(28-20(31)13-5-8-15(23)16(24)9-13)27-19-17(25)18(29-30-19)12-3-6-14(22)7-4-12/h3-9,11,18H,10H2,1-2H3,(H2,26,27,28,31). The summed E-state index contributed by atoms with van der Waals surface area (Å²) in [4.78, 5) is 16.7. The van der Waals surface area contributed by atoms with Gasteiger partial charge in [0.2, 0.25) is 5.96 Å². The van der Waals surface area contributed by atoms with Gasteiger partial charge in [0.1, 0.15) is 0 Å². The number of amides is 1. The van der Waals surface area contributed by atoms with Crippen molar-refractivity contribution in [2.75, 3.05) is 6.54 Å². The first kappa shape index (κ1) is 22.5. The Morgan fingerprint density at radius 1 is 1.13 bits per heavy atom. The number of guanidine groups is 1. The van der Waals surface area contributed by atoms with Gasteiger partial charge in [-0.1, -0.05) is 37.6 Å². The number of benzene rings is 2. The molecule has 0 saturated carbocycles. The highest BCUT2D eigenvalue weighted by molar-refractivity contribution is 6.30. The Kier molecular flexibility index (Phi) is 7.06. The molecule has 1 amide bonds. The summed E-state index contributed by atoms with van der Waals surface area (Å²) in [5.74, 6) is -3.82. The van der Waals surface area contributed by atoms with Crippen molar-refractivity contribution in [1.29, 1.82) is 0 Å². The molecule has 6 nitrogen and oxygen atoms in total. The SMILES string of the molecule is CC(C)CN=C(NC(=O)c1ccc(F)c(F)c1)NC1=C(F)C(c2ccc(Cl)cc2)N=N1. The van der Waals surface area contributed by atoms with Crippen molar-refractivity contribution in [3.05, 3.63) is 81.9 Å². The van der Waals surface area contributed by atoms with Crippen LogP contribution < -0.4 is 10.6 Å². The van der Waals surface area contributed by atoms with Gasteiger partial charge in [0.25, 0.3) is 5.91 Å². The molecular formula is C21H19ClF3N5O. The third kappa shape index (κ3) is 5.69. The van der Waals surface area contributed by atoms with E-state index in [2.05, 4.69) is 25.9 Å². The van der Waals surface area contributed by atoms with Crippen molar-refractivity contribution in [3.63, 3.8) is 0 Å². The minimum absolute atomic E-state index is 0.0933. The number of nitrogens with one attached hydrogen (secondary N) is 2. The molecule has 0 radical (unpaired) electrons. The number of halogens is 4. The van der Waals surface area contributed by atoms with Crippen LogP contribution in [0.5, 0.6) is 0 Å². The zero-order valence-electron chi connectivity index (χ0n) is 16.7. The van der Waals surface area contributed by atoms with Crippen LogP contribution in [0.1, 0.15) is 35.8 Å². The second-order valence-corrected chi connectivity index (χ2v) is 7.59. The molecule has 0 bridgehead atoms. The number of carbonyl (C=O) groups is 1. The summed E-state index contributed by atoms with van der Waals surface area (Å²) in [5, 5.41) is 13.3. The summed E-state index contributed by atoms with van der Waals surface area (Å²) in [6.45, 7) is 4.13. The highest BCUT2D eigenvalue weighted by Gasteiger charge is 2.27. The van der Waals surface area contributed by atoms with Gasteiger partial charge in [0.15, 0.2) is 29.3 Å². The molecule has 0 aromatic heterocycles. The predicted molar refractivity (Wildman–Crippen MR) is 111 cm³/mol. The molecule has 1 heterocycles. The van der Waals surface area contributed by atoms with E-state index in [-0.39, 0.29) is 23.3 Å². The van der Waals surface area contributed by atoms with E-state index in [0.717, 1.165) is 18.2 Å². The Hall–Kier alpha value is -3.20. The lowest BCUT2D eigenvalue weighted by Crippen LogP contribution is -2.40. The van der Waals surface area contributed by atoms with Crippen LogP contribution in [0.25, 0.3) is 0 Å². The number of hydrogen-bond acceptors (Lipinski definition) is 4. The molecular weight excluding hydrogens is 431 g/mol. The van der Waals surface area contributed by atoms with E-state index in [1.165, 1.54) is 0 Å². The van der Waals surface area contributed by atoms with Crippen LogP contribution in [0.2, 0.25) is 5.02 Å². The van der Waals surface area contributed by atoms with Crippen molar-refractivity contribution in [3.8, 4) is 0 Å². The lowest BCUT2D eigenvalue weighted by atomic mass is 10.1. The van der Waals surface area contributed by atoms with Gasteiger partial charge in [-0.05, 0) is 41.8 Å². The molecule has 31 heavy (non-hydrogen) atoms. The van der Waals surface area contributed by atoms with Gasteiger partial charge in [-0.3, -0.25) is 15.1 Å². The van der Waals surface area contributed by atoms with Crippen LogP contribution in [0.15, 0.2) is 69.3 Å². The van der Waals surface area contributed by atoms with E-state index < -0.39 is 29.4 Å². The van der Waals surface area contributed by atoms with Crippen LogP contribution in [0, 0.1) is 17.6 Å². The monoisotopic (exact) mass is 449 g/mol. The number of carbonyl (C=O) groups excluding carboxylic acids is 1. The number of aliphatic imine (C=N–C) groups is 1. The molecule has 2 aromatic rings. The molecule has 2 aromatic carbocycles. The normalized spacial score (nSPS) is 16.2. The van der Waals surface area contributed by atoms with Crippen LogP contribution in [-0.2, 0) is 0 Å². The van der Waals surface area contributed by atoms with Crippen molar-refractivity contribution in [2.45, 2.75) is 19.9 Å². The second-order valence-electron chi connectivity index (χ2n) is 7.16. The first-order valence-electron chi connectivity index (χ1n) is 9.38. The molecule has 0 aliphatic carbocycles. The fourth-order valence-corrected chi connectivity index (χ4v) is 2.73. The van der Waals surface area contributed by atoms with Gasteiger partial charge in [0.05, 0.1) is 0 Å². The van der Waals surface area contributed by atoms with Gasteiger partial charge in [-0.2, -0.15) is 5.11 Å². The van der Waals surface area contributed by atoms with Crippen LogP contribution >= 0.6 is 11.6 Å². The molecule has 2 N–H and O–H groups in total. The third-order valence-corrected chi connectivity index (χ3v) is 4.44. The van der Waals surface area contributed by atoms with Gasteiger partial charge >= 0.3 is 0 Å². The summed E-state index contributed by atoms with van der Waals surface area (Å²) in [6, 6.07) is 8.27. The summed E-state index contributed by atoms with van der Waals surface area (Å²) >= 11 is 5.86. The maximum Gasteiger partial charge on any atom is 0.258 e. The summed E-state index contributed by atoms with van der Waals surface area (Å²) in [6.07, 6.45) is 0. The molecule has 10 heteroatoms. The predicted octanol–water partition coefficient (Wildman–Crippen LogP) is 5.30. The molecule has 0 saturated heterocycles. The van der Waals surface area contributed by atoms with Gasteiger partial charge in [0, 0.05) is 17.1 Å². The van der Waals surface area contributed by atoms with Crippen molar-refractivity contribution in [1.82, 2.24) is 10.6 Å². The molecule has 162 valence electrons. The van der Waals surface area contributed by atoms with Crippen LogP contribution in [-0.4, -0.2) is 18.4 Å². The van der Waals surface area contributed by atoms with E-state index in [1.807, 2.05) is 13.8 Å². The summed E-state index contributed by atoms with van der Waals surface area (Å²) < 4.78 is 41.5. The Morgan fingerprint density at radius 3 is 2.48 bits per heavy atom. The Labute approximate surface area is 181 Å². The molecule has 1 aliphatic heterocycles. The Balaban J connectivity index is 1.80. The van der Waals surface area contributed by atoms with Crippen molar-refractivity contribution < 1.29 is 18.0 Å². The first-order chi connectivity index (χ1) is 14.7. The number of azo groups is 1. The molecule has 1 aliphatic rings. The molecule has 0 fully saturated rings. The minimum Gasteiger partial charge on any atom is -0.307 e. The average molecular weight is 450 g/mol. The fourth-order valence-electron chi connectivity index (χ4n) is 2.60. The zero-order chi connectivity index (χ0) is 22.5. The first-order valence-corrected chi connectivity index (χ1v) is 9.76. The second kappa shape index (κ2) is 9.74. The highest BCUT2D eigenvalue weighted by atomic mass is 35.5. The minimum atomic E-state index is -1.16. The summed E-state index contributed by atoms with van der Waals surface area (Å²) in [5.41, 5.74) is 0.424. The number of hydrogen-bond donors (Lipinski definition) is 2. The average Bonchev–Trinajstić information content (AvgIpc) is 3.09. The lowest BCUT2D eigenvalue weighted by molar-refractivity contribution is 0.0975. The number of nitrogens with zero attached hydrogens (tertiary/aromatic N) is 3. The van der Waals surface area contributed by atoms with E-state index in [1.54, 1.807) is 24.3 Å².